The number of hydrogen-bond donors (Lipinski definition) is 1. The lowest BCUT2D eigenvalue weighted by Crippen LogP contribution is -2.18. The van der Waals surface area contributed by atoms with Crippen molar-refractivity contribution in [1.82, 2.24) is 0 Å². The summed E-state index contributed by atoms with van der Waals surface area (Å²) in [5, 5.41) is 9.12. The van der Waals surface area contributed by atoms with Crippen LogP contribution in [0.25, 0.3) is 0 Å². The molecule has 104 valence electrons. The molecule has 0 bridgehead atoms. The Labute approximate surface area is 119 Å². The molecule has 1 N–H and O–H groups in total. The van der Waals surface area contributed by atoms with Gasteiger partial charge in [-0.25, -0.2) is 4.79 Å². The monoisotopic (exact) mass is 269 g/mol. The summed E-state index contributed by atoms with van der Waals surface area (Å²) in [6, 6.07) is 17.2. The third kappa shape index (κ3) is 3.38. The molecule has 3 nitrogen and oxygen atoms in total. The predicted octanol–water partition coefficient (Wildman–Crippen LogP) is 4.32. The largest absolute Gasteiger partial charge is 0.478 e. The molecule has 20 heavy (non-hydrogen) atoms. The van der Waals surface area contributed by atoms with Crippen LogP contribution in [0.1, 0.15) is 30.1 Å². The highest BCUT2D eigenvalue weighted by atomic mass is 16.4. The van der Waals surface area contributed by atoms with Gasteiger partial charge in [-0.2, -0.15) is 0 Å². The maximum absolute atomic E-state index is 11.1. The first-order chi connectivity index (χ1) is 9.72. The molecular weight excluding hydrogens is 250 g/mol. The molecule has 0 amide bonds. The molecule has 0 radical (unpaired) electrons. The third-order valence-electron chi connectivity index (χ3n) is 3.21. The summed E-state index contributed by atoms with van der Waals surface area (Å²) in [4.78, 5) is 13.3. The van der Waals surface area contributed by atoms with E-state index in [2.05, 4.69) is 11.8 Å². The van der Waals surface area contributed by atoms with Crippen LogP contribution in [0.2, 0.25) is 0 Å². The van der Waals surface area contributed by atoms with Crippen LogP contribution in [0.5, 0.6) is 0 Å². The molecule has 0 fully saturated rings. The second kappa shape index (κ2) is 6.75. The van der Waals surface area contributed by atoms with Crippen molar-refractivity contribution < 1.29 is 9.90 Å². The SMILES string of the molecule is CCCCN(c1ccccc1)c1cccc(C(=O)O)c1. The quantitative estimate of drug-likeness (QED) is 0.848. The Kier molecular flexibility index (Phi) is 4.77. The standard InChI is InChI=1S/C17H19NO2/c1-2-3-12-18(15-9-5-4-6-10-15)16-11-7-8-14(13-16)17(19)20/h4-11,13H,2-3,12H2,1H3,(H,19,20). The molecule has 0 aliphatic rings. The molecule has 2 rings (SSSR count). The first-order valence-corrected chi connectivity index (χ1v) is 6.88. The smallest absolute Gasteiger partial charge is 0.335 e. The summed E-state index contributed by atoms with van der Waals surface area (Å²) in [6.45, 7) is 3.03. The second-order valence-corrected chi connectivity index (χ2v) is 4.70. The summed E-state index contributed by atoms with van der Waals surface area (Å²) in [6.07, 6.45) is 2.16. The highest BCUT2D eigenvalue weighted by Gasteiger charge is 2.11. The van der Waals surface area contributed by atoms with Gasteiger partial charge < -0.3 is 10.0 Å². The number of para-hydroxylation sites is 1. The van der Waals surface area contributed by atoms with E-state index in [-0.39, 0.29) is 0 Å². The van der Waals surface area contributed by atoms with Gasteiger partial charge in [-0.15, -0.1) is 0 Å². The zero-order chi connectivity index (χ0) is 14.4. The van der Waals surface area contributed by atoms with Gasteiger partial charge in [0, 0.05) is 17.9 Å². The van der Waals surface area contributed by atoms with Crippen LogP contribution in [-0.2, 0) is 0 Å². The average molecular weight is 269 g/mol. The minimum atomic E-state index is -0.893. The lowest BCUT2D eigenvalue weighted by atomic mass is 10.1. The van der Waals surface area contributed by atoms with Gasteiger partial charge in [-0.1, -0.05) is 37.6 Å². The fourth-order valence-electron chi connectivity index (χ4n) is 2.14. The van der Waals surface area contributed by atoms with Gasteiger partial charge in [-0.3, -0.25) is 0 Å². The van der Waals surface area contributed by atoms with Crippen molar-refractivity contribution in [2.75, 3.05) is 11.4 Å². The summed E-state index contributed by atoms with van der Waals surface area (Å²) in [5.41, 5.74) is 2.33. The summed E-state index contributed by atoms with van der Waals surface area (Å²) >= 11 is 0. The van der Waals surface area contributed by atoms with Crippen molar-refractivity contribution in [3.8, 4) is 0 Å². The number of carbonyl (C=O) groups is 1. The van der Waals surface area contributed by atoms with Crippen LogP contribution in [0.15, 0.2) is 54.6 Å². The van der Waals surface area contributed by atoms with E-state index in [0.717, 1.165) is 30.8 Å². The maximum atomic E-state index is 11.1. The normalized spacial score (nSPS) is 10.2. The van der Waals surface area contributed by atoms with E-state index >= 15 is 0 Å². The number of rotatable bonds is 6. The Hall–Kier alpha value is -2.29. The first-order valence-electron chi connectivity index (χ1n) is 6.88. The lowest BCUT2D eigenvalue weighted by Gasteiger charge is -2.25. The van der Waals surface area contributed by atoms with Crippen molar-refractivity contribution in [3.63, 3.8) is 0 Å². The minimum Gasteiger partial charge on any atom is -0.478 e. The third-order valence-corrected chi connectivity index (χ3v) is 3.21. The molecule has 0 aliphatic carbocycles. The summed E-state index contributed by atoms with van der Waals surface area (Å²) in [7, 11) is 0. The maximum Gasteiger partial charge on any atom is 0.335 e. The van der Waals surface area contributed by atoms with E-state index in [9.17, 15) is 4.79 Å². The van der Waals surface area contributed by atoms with Crippen molar-refractivity contribution in [2.24, 2.45) is 0 Å². The van der Waals surface area contributed by atoms with Crippen LogP contribution in [0.3, 0.4) is 0 Å². The number of carboxylic acids is 1. The number of hydrogen-bond acceptors (Lipinski definition) is 2. The fourth-order valence-corrected chi connectivity index (χ4v) is 2.14. The predicted molar refractivity (Wildman–Crippen MR) is 81.8 cm³/mol. The molecule has 0 spiro atoms. The molecule has 0 saturated carbocycles. The van der Waals surface area contributed by atoms with Crippen LogP contribution in [0.4, 0.5) is 11.4 Å². The van der Waals surface area contributed by atoms with E-state index in [1.54, 1.807) is 18.2 Å². The zero-order valence-electron chi connectivity index (χ0n) is 11.6. The average Bonchev–Trinajstić information content (AvgIpc) is 2.49. The number of nitrogens with zero attached hydrogens (tertiary/aromatic N) is 1. The highest BCUT2D eigenvalue weighted by molar-refractivity contribution is 5.89. The summed E-state index contributed by atoms with van der Waals surface area (Å²) in [5.74, 6) is -0.893. The Balaban J connectivity index is 2.36. The highest BCUT2D eigenvalue weighted by Crippen LogP contribution is 2.26. The molecule has 0 aromatic heterocycles. The van der Waals surface area contributed by atoms with E-state index in [0.29, 0.717) is 5.56 Å². The van der Waals surface area contributed by atoms with Gasteiger partial charge in [0.2, 0.25) is 0 Å². The van der Waals surface area contributed by atoms with E-state index in [1.165, 1.54) is 0 Å². The number of aromatic carboxylic acids is 1. The van der Waals surface area contributed by atoms with Crippen molar-refractivity contribution >= 4 is 17.3 Å². The van der Waals surface area contributed by atoms with Crippen molar-refractivity contribution in [1.29, 1.82) is 0 Å². The van der Waals surface area contributed by atoms with Gasteiger partial charge in [-0.05, 0) is 36.8 Å². The molecule has 0 heterocycles. The van der Waals surface area contributed by atoms with E-state index < -0.39 is 5.97 Å². The molecule has 0 aliphatic heterocycles. The Bertz CT molecular complexity index is 566. The van der Waals surface area contributed by atoms with Crippen LogP contribution < -0.4 is 4.90 Å². The second-order valence-electron chi connectivity index (χ2n) is 4.70. The number of carboxylic acid groups (broad SMARTS) is 1. The molecule has 0 atom stereocenters. The number of unbranched alkanes of at least 4 members (excludes halogenated alkanes) is 1. The first kappa shape index (κ1) is 14.1. The van der Waals surface area contributed by atoms with Gasteiger partial charge in [0.25, 0.3) is 0 Å². The Morgan fingerprint density at radius 2 is 1.75 bits per heavy atom. The topological polar surface area (TPSA) is 40.5 Å². The van der Waals surface area contributed by atoms with Crippen molar-refractivity contribution in [2.45, 2.75) is 19.8 Å². The fraction of sp³-hybridized carbons (Fsp3) is 0.235. The summed E-state index contributed by atoms with van der Waals surface area (Å²) < 4.78 is 0. The molecule has 3 heteroatoms. The van der Waals surface area contributed by atoms with E-state index in [1.807, 2.05) is 36.4 Å². The number of anilines is 2. The number of benzene rings is 2. The molecular formula is C17H19NO2. The minimum absolute atomic E-state index is 0.319. The van der Waals surface area contributed by atoms with Gasteiger partial charge in [0.05, 0.1) is 5.56 Å². The van der Waals surface area contributed by atoms with Crippen LogP contribution >= 0.6 is 0 Å². The molecule has 2 aromatic rings. The Morgan fingerprint density at radius 3 is 2.40 bits per heavy atom. The van der Waals surface area contributed by atoms with Gasteiger partial charge in [0.1, 0.15) is 0 Å². The lowest BCUT2D eigenvalue weighted by molar-refractivity contribution is 0.0697. The zero-order valence-corrected chi connectivity index (χ0v) is 11.6. The molecule has 0 saturated heterocycles. The van der Waals surface area contributed by atoms with Crippen LogP contribution in [-0.4, -0.2) is 17.6 Å². The molecule has 2 aromatic carbocycles. The Morgan fingerprint density at radius 1 is 1.05 bits per heavy atom. The van der Waals surface area contributed by atoms with E-state index in [4.69, 9.17) is 5.11 Å². The van der Waals surface area contributed by atoms with Crippen LogP contribution in [0, 0.1) is 0 Å². The van der Waals surface area contributed by atoms with Gasteiger partial charge >= 0.3 is 5.97 Å². The molecule has 0 unspecified atom stereocenters. The van der Waals surface area contributed by atoms with Gasteiger partial charge in [0.15, 0.2) is 0 Å². The van der Waals surface area contributed by atoms with Crippen molar-refractivity contribution in [3.05, 3.63) is 60.2 Å².